The summed E-state index contributed by atoms with van der Waals surface area (Å²) in [4.78, 5) is 11.4. The Hall–Kier alpha value is -1.81. The van der Waals surface area contributed by atoms with E-state index in [0.29, 0.717) is 0 Å². The van der Waals surface area contributed by atoms with Crippen molar-refractivity contribution in [2.45, 2.75) is 12.3 Å². The van der Waals surface area contributed by atoms with Crippen molar-refractivity contribution in [2.75, 3.05) is 20.3 Å². The highest BCUT2D eigenvalue weighted by Crippen LogP contribution is 2.34. The highest BCUT2D eigenvalue weighted by atomic mass is 16.5. The number of carboxylic acids is 1. The molecular weight excluding hydrogens is 232 g/mol. The molecule has 1 aromatic rings. The fraction of sp³-hybridized carbons (Fsp3) is 0.357. The number of hydrogen-bond donors (Lipinski definition) is 1. The molecule has 2 rings (SSSR count). The molecular formula is C14H16O4. The average molecular weight is 248 g/mol. The van der Waals surface area contributed by atoms with Crippen LogP contribution >= 0.6 is 0 Å². The van der Waals surface area contributed by atoms with Gasteiger partial charge in [-0.15, -0.1) is 0 Å². The largest absolute Gasteiger partial charge is 0.504 e. The van der Waals surface area contributed by atoms with E-state index in [-0.39, 0.29) is 13.2 Å². The van der Waals surface area contributed by atoms with E-state index in [0.717, 1.165) is 16.7 Å². The lowest BCUT2D eigenvalue weighted by Crippen LogP contribution is -2.53. The number of hydrogen-bond acceptors (Lipinski definition) is 3. The molecule has 1 heterocycles. The van der Waals surface area contributed by atoms with Gasteiger partial charge >= 0.3 is 5.97 Å². The van der Waals surface area contributed by atoms with E-state index in [4.69, 9.17) is 9.47 Å². The first kappa shape index (κ1) is 12.6. The second kappa shape index (κ2) is 4.82. The van der Waals surface area contributed by atoms with Gasteiger partial charge in [-0.2, -0.15) is 0 Å². The van der Waals surface area contributed by atoms with Crippen molar-refractivity contribution in [1.82, 2.24) is 0 Å². The van der Waals surface area contributed by atoms with Crippen molar-refractivity contribution < 1.29 is 19.4 Å². The fourth-order valence-electron chi connectivity index (χ4n) is 2.03. The number of carbonyl (C=O) groups is 1. The second-order valence-corrected chi connectivity index (χ2v) is 4.50. The lowest BCUT2D eigenvalue weighted by atomic mass is 9.78. The molecule has 0 radical (unpaired) electrons. The van der Waals surface area contributed by atoms with Crippen molar-refractivity contribution >= 4 is 11.5 Å². The van der Waals surface area contributed by atoms with Crippen LogP contribution in [0.4, 0.5) is 0 Å². The van der Waals surface area contributed by atoms with Gasteiger partial charge in [0, 0.05) is 0 Å². The number of methoxy groups -OCH3 is 1. The van der Waals surface area contributed by atoms with Crippen LogP contribution in [0.2, 0.25) is 0 Å². The Bertz CT molecular complexity index is 486. The van der Waals surface area contributed by atoms with Crippen molar-refractivity contribution in [3.05, 3.63) is 41.7 Å². The normalized spacial score (nSPS) is 18.0. The molecule has 0 atom stereocenters. The first-order valence-electron chi connectivity index (χ1n) is 5.72. The number of aliphatic carboxylic acids is 1. The van der Waals surface area contributed by atoms with Gasteiger partial charge in [0.15, 0.2) is 0 Å². The lowest BCUT2D eigenvalue weighted by Gasteiger charge is -2.37. The Balaban J connectivity index is 2.38. The molecule has 0 saturated carbocycles. The lowest BCUT2D eigenvalue weighted by molar-refractivity contribution is -0.163. The summed E-state index contributed by atoms with van der Waals surface area (Å²) in [6.07, 6.45) is 1.64. The molecule has 1 aliphatic rings. The molecule has 0 unspecified atom stereocenters. The molecule has 18 heavy (non-hydrogen) atoms. The molecule has 0 aromatic heterocycles. The van der Waals surface area contributed by atoms with Crippen molar-refractivity contribution in [2.24, 2.45) is 0 Å². The number of rotatable bonds is 4. The van der Waals surface area contributed by atoms with Crippen LogP contribution in [-0.2, 0) is 19.7 Å². The van der Waals surface area contributed by atoms with Gasteiger partial charge in [0.25, 0.3) is 0 Å². The molecule has 4 heteroatoms. The molecule has 0 bridgehead atoms. The number of carboxylic acid groups (broad SMARTS) is 1. The van der Waals surface area contributed by atoms with Gasteiger partial charge in [-0.3, -0.25) is 4.79 Å². The zero-order valence-corrected chi connectivity index (χ0v) is 10.5. The Morgan fingerprint density at radius 3 is 2.72 bits per heavy atom. The molecule has 1 saturated heterocycles. The first-order valence-corrected chi connectivity index (χ1v) is 5.72. The molecule has 1 N–H and O–H groups in total. The maximum absolute atomic E-state index is 11.4. The molecule has 1 aromatic carbocycles. The Labute approximate surface area is 106 Å². The van der Waals surface area contributed by atoms with E-state index in [2.05, 4.69) is 0 Å². The van der Waals surface area contributed by atoms with Crippen LogP contribution < -0.4 is 0 Å². The Morgan fingerprint density at radius 2 is 2.22 bits per heavy atom. The summed E-state index contributed by atoms with van der Waals surface area (Å²) in [7, 11) is 1.59. The van der Waals surface area contributed by atoms with Crippen molar-refractivity contribution in [3.8, 4) is 0 Å². The summed E-state index contributed by atoms with van der Waals surface area (Å²) in [5.41, 5.74) is 1.81. The van der Waals surface area contributed by atoms with E-state index in [1.54, 1.807) is 13.4 Å². The first-order chi connectivity index (χ1) is 8.60. The van der Waals surface area contributed by atoms with E-state index in [1.165, 1.54) is 0 Å². The summed E-state index contributed by atoms with van der Waals surface area (Å²) >= 11 is 0. The third-order valence-corrected chi connectivity index (χ3v) is 3.27. The highest BCUT2D eigenvalue weighted by molar-refractivity contribution is 5.83. The van der Waals surface area contributed by atoms with Crippen LogP contribution in [0, 0.1) is 0 Å². The quantitative estimate of drug-likeness (QED) is 0.828. The Morgan fingerprint density at radius 1 is 1.50 bits per heavy atom. The zero-order valence-electron chi connectivity index (χ0n) is 10.5. The minimum atomic E-state index is -0.886. The molecule has 0 amide bonds. The van der Waals surface area contributed by atoms with E-state index < -0.39 is 11.4 Å². The van der Waals surface area contributed by atoms with Crippen molar-refractivity contribution in [3.63, 3.8) is 0 Å². The second-order valence-electron chi connectivity index (χ2n) is 4.50. The molecule has 96 valence electrons. The standard InChI is InChI=1S/C14H16O4/c1-10(7-17-2)11-4-3-5-12(6-11)14(13(15)16)8-18-9-14/h3-7H,8-9H2,1-2H3,(H,15,16)/b10-7+. The molecule has 1 aliphatic heterocycles. The number of allylic oxidation sites excluding steroid dienone is 1. The van der Waals surface area contributed by atoms with E-state index in [1.807, 2.05) is 31.2 Å². The SMILES string of the molecule is CO/C=C(\C)c1cccc(C2(C(=O)O)COC2)c1. The summed E-state index contributed by atoms with van der Waals surface area (Å²) in [5.74, 6) is -0.834. The summed E-state index contributed by atoms with van der Waals surface area (Å²) < 4.78 is 10.0. The summed E-state index contributed by atoms with van der Waals surface area (Å²) in [6, 6.07) is 7.52. The minimum absolute atomic E-state index is 0.235. The fourth-order valence-corrected chi connectivity index (χ4v) is 2.03. The molecule has 0 spiro atoms. The monoisotopic (exact) mass is 248 g/mol. The van der Waals surface area contributed by atoms with Crippen LogP contribution in [0.15, 0.2) is 30.5 Å². The van der Waals surface area contributed by atoms with Gasteiger partial charge in [-0.1, -0.05) is 24.3 Å². The third kappa shape index (κ3) is 1.99. The van der Waals surface area contributed by atoms with Gasteiger partial charge in [-0.05, 0) is 23.6 Å². The average Bonchev–Trinajstić information content (AvgIpc) is 2.27. The molecule has 0 aliphatic carbocycles. The van der Waals surface area contributed by atoms with Crippen LogP contribution in [-0.4, -0.2) is 31.4 Å². The van der Waals surface area contributed by atoms with Crippen LogP contribution in [0.3, 0.4) is 0 Å². The molecule has 1 fully saturated rings. The maximum atomic E-state index is 11.4. The predicted octanol–water partition coefficient (Wildman–Crippen LogP) is 2.05. The summed E-state index contributed by atoms with van der Waals surface area (Å²) in [5, 5.41) is 9.35. The predicted molar refractivity (Wildman–Crippen MR) is 67.2 cm³/mol. The zero-order chi connectivity index (χ0) is 13.2. The van der Waals surface area contributed by atoms with Crippen LogP contribution in [0.5, 0.6) is 0 Å². The minimum Gasteiger partial charge on any atom is -0.504 e. The Kier molecular flexibility index (Phi) is 3.39. The molecule has 4 nitrogen and oxygen atoms in total. The smallest absolute Gasteiger partial charge is 0.318 e. The number of benzene rings is 1. The van der Waals surface area contributed by atoms with Crippen molar-refractivity contribution in [1.29, 1.82) is 0 Å². The van der Waals surface area contributed by atoms with Crippen LogP contribution in [0.1, 0.15) is 18.1 Å². The van der Waals surface area contributed by atoms with Gasteiger partial charge in [-0.25, -0.2) is 0 Å². The van der Waals surface area contributed by atoms with Gasteiger partial charge in [0.2, 0.25) is 0 Å². The van der Waals surface area contributed by atoms with E-state index >= 15 is 0 Å². The highest BCUT2D eigenvalue weighted by Gasteiger charge is 2.47. The summed E-state index contributed by atoms with van der Waals surface area (Å²) in [6.45, 7) is 2.39. The topological polar surface area (TPSA) is 55.8 Å². The van der Waals surface area contributed by atoms with Gasteiger partial charge in [0.1, 0.15) is 5.41 Å². The van der Waals surface area contributed by atoms with Gasteiger partial charge in [0.05, 0.1) is 26.6 Å². The third-order valence-electron chi connectivity index (χ3n) is 3.27. The maximum Gasteiger partial charge on any atom is 0.318 e. The van der Waals surface area contributed by atoms with Crippen LogP contribution in [0.25, 0.3) is 5.57 Å². The van der Waals surface area contributed by atoms with E-state index in [9.17, 15) is 9.90 Å². The van der Waals surface area contributed by atoms with Gasteiger partial charge < -0.3 is 14.6 Å². The number of ether oxygens (including phenoxy) is 2.